The molecule has 39 valence electrons. The third-order valence-electron chi connectivity index (χ3n) is 0.750. The second-order valence-electron chi connectivity index (χ2n) is 1.23. The number of rotatable bonds is 0. The molecular weight excluding hydrogens is 84.9 g/mol. The molecule has 0 aromatic heterocycles. The molecule has 1 aliphatic rings. The number of hydrogen-bond donors (Lipinski definition) is 0. The Labute approximate surface area is 47.4 Å². The first kappa shape index (κ1) is 9.88. The largest absolute Gasteiger partial charge is 0.298 e. The summed E-state index contributed by atoms with van der Waals surface area (Å²) in [5.41, 5.74) is 0. The first-order chi connectivity index (χ1) is 2.50. The SMILES string of the molecule is C.C1=NCCC1.[B]. The van der Waals surface area contributed by atoms with E-state index in [1.807, 2.05) is 6.21 Å². The molecule has 0 amide bonds. The Morgan fingerprint density at radius 1 is 1.43 bits per heavy atom. The Hall–Kier alpha value is -0.265. The van der Waals surface area contributed by atoms with E-state index < -0.39 is 0 Å². The van der Waals surface area contributed by atoms with Gasteiger partial charge in [-0.3, -0.25) is 4.99 Å². The average Bonchev–Trinajstić information content (AvgIpc) is 1.76. The third-order valence-corrected chi connectivity index (χ3v) is 0.750. The Morgan fingerprint density at radius 3 is 2.29 bits per heavy atom. The van der Waals surface area contributed by atoms with Crippen LogP contribution in [0.1, 0.15) is 20.3 Å². The zero-order valence-corrected chi connectivity index (χ0v) is 3.72. The molecule has 1 aliphatic heterocycles. The lowest BCUT2D eigenvalue weighted by Crippen LogP contribution is -1.62. The van der Waals surface area contributed by atoms with Gasteiger partial charge in [-0.2, -0.15) is 0 Å². The van der Waals surface area contributed by atoms with E-state index in [-0.39, 0.29) is 15.8 Å². The van der Waals surface area contributed by atoms with Crippen molar-refractivity contribution >= 4 is 14.6 Å². The lowest BCUT2D eigenvalue weighted by Gasteiger charge is -1.67. The normalized spacial score (nSPS) is 14.9. The van der Waals surface area contributed by atoms with Gasteiger partial charge in [-0.05, 0) is 19.1 Å². The van der Waals surface area contributed by atoms with Crippen LogP contribution in [0.5, 0.6) is 0 Å². The summed E-state index contributed by atoms with van der Waals surface area (Å²) in [5.74, 6) is 0. The summed E-state index contributed by atoms with van der Waals surface area (Å²) in [6.07, 6.45) is 4.47. The Balaban J connectivity index is 0. The van der Waals surface area contributed by atoms with Gasteiger partial charge in [0.05, 0.1) is 0 Å². The summed E-state index contributed by atoms with van der Waals surface area (Å²) in [6, 6.07) is 0. The smallest absolute Gasteiger partial charge is 0.0388 e. The Bertz CT molecular complexity index is 46.0. The van der Waals surface area contributed by atoms with E-state index in [1.165, 1.54) is 12.8 Å². The van der Waals surface area contributed by atoms with Gasteiger partial charge >= 0.3 is 0 Å². The fourth-order valence-corrected chi connectivity index (χ4v) is 0.456. The number of aliphatic imine (C=N–C) groups is 1. The second-order valence-corrected chi connectivity index (χ2v) is 1.23. The predicted octanol–water partition coefficient (Wildman–Crippen LogP) is 1.11. The quantitative estimate of drug-likeness (QED) is 0.400. The van der Waals surface area contributed by atoms with Crippen molar-refractivity contribution in [3.05, 3.63) is 0 Å². The van der Waals surface area contributed by atoms with E-state index in [0.29, 0.717) is 0 Å². The summed E-state index contributed by atoms with van der Waals surface area (Å²) in [6.45, 7) is 1.07. The lowest BCUT2D eigenvalue weighted by atomic mass is 10.4. The molecule has 0 spiro atoms. The van der Waals surface area contributed by atoms with Crippen LogP contribution in [0.2, 0.25) is 0 Å². The highest BCUT2D eigenvalue weighted by Crippen LogP contribution is 1.92. The second kappa shape index (κ2) is 5.73. The molecule has 1 heterocycles. The van der Waals surface area contributed by atoms with Gasteiger partial charge in [-0.1, -0.05) is 7.43 Å². The third kappa shape index (κ3) is 3.57. The molecule has 0 atom stereocenters. The van der Waals surface area contributed by atoms with Crippen LogP contribution in [0.25, 0.3) is 0 Å². The fourth-order valence-electron chi connectivity index (χ4n) is 0.456. The molecule has 1 rings (SSSR count). The van der Waals surface area contributed by atoms with Crippen LogP contribution >= 0.6 is 0 Å². The van der Waals surface area contributed by atoms with E-state index >= 15 is 0 Å². The molecule has 2 heteroatoms. The topological polar surface area (TPSA) is 12.4 Å². The van der Waals surface area contributed by atoms with Gasteiger partial charge in [0.25, 0.3) is 0 Å². The maximum atomic E-state index is 3.96. The molecule has 0 fully saturated rings. The summed E-state index contributed by atoms with van der Waals surface area (Å²) < 4.78 is 0. The van der Waals surface area contributed by atoms with Crippen molar-refractivity contribution < 1.29 is 0 Å². The van der Waals surface area contributed by atoms with Crippen LogP contribution in [0, 0.1) is 0 Å². The summed E-state index contributed by atoms with van der Waals surface area (Å²) in [5, 5.41) is 0. The summed E-state index contributed by atoms with van der Waals surface area (Å²) >= 11 is 0. The summed E-state index contributed by atoms with van der Waals surface area (Å²) in [4.78, 5) is 3.96. The van der Waals surface area contributed by atoms with Crippen molar-refractivity contribution in [1.82, 2.24) is 0 Å². The summed E-state index contributed by atoms with van der Waals surface area (Å²) in [7, 11) is 0. The molecular formula is C5H11BN. The molecule has 0 aromatic carbocycles. The molecule has 0 aliphatic carbocycles. The molecule has 0 unspecified atom stereocenters. The van der Waals surface area contributed by atoms with Crippen molar-refractivity contribution in [3.8, 4) is 0 Å². The van der Waals surface area contributed by atoms with Crippen LogP contribution in [-0.4, -0.2) is 21.2 Å². The number of nitrogens with zero attached hydrogens (tertiary/aromatic N) is 1. The van der Waals surface area contributed by atoms with Crippen molar-refractivity contribution in [2.24, 2.45) is 4.99 Å². The van der Waals surface area contributed by atoms with Crippen molar-refractivity contribution in [2.45, 2.75) is 20.3 Å². The average molecular weight is 96.0 g/mol. The van der Waals surface area contributed by atoms with Crippen molar-refractivity contribution in [2.75, 3.05) is 6.54 Å². The first-order valence-electron chi connectivity index (χ1n) is 1.98. The van der Waals surface area contributed by atoms with Crippen LogP contribution in [0.15, 0.2) is 4.99 Å². The van der Waals surface area contributed by atoms with Gasteiger partial charge in [0.2, 0.25) is 0 Å². The molecule has 0 saturated carbocycles. The van der Waals surface area contributed by atoms with Crippen LogP contribution < -0.4 is 0 Å². The van der Waals surface area contributed by atoms with Crippen LogP contribution in [0.3, 0.4) is 0 Å². The van der Waals surface area contributed by atoms with E-state index in [9.17, 15) is 0 Å². The Morgan fingerprint density at radius 2 is 2.14 bits per heavy atom. The zero-order chi connectivity index (χ0) is 3.54. The van der Waals surface area contributed by atoms with Gasteiger partial charge in [0.1, 0.15) is 0 Å². The van der Waals surface area contributed by atoms with E-state index in [4.69, 9.17) is 0 Å². The minimum Gasteiger partial charge on any atom is -0.298 e. The zero-order valence-electron chi connectivity index (χ0n) is 3.72. The van der Waals surface area contributed by atoms with Gasteiger partial charge in [-0.25, -0.2) is 0 Å². The molecule has 7 heavy (non-hydrogen) atoms. The fraction of sp³-hybridized carbons (Fsp3) is 0.800. The molecule has 0 aromatic rings. The molecule has 0 bridgehead atoms. The van der Waals surface area contributed by atoms with Gasteiger partial charge < -0.3 is 0 Å². The van der Waals surface area contributed by atoms with E-state index in [1.54, 1.807) is 0 Å². The predicted molar refractivity (Wildman–Crippen MR) is 35.1 cm³/mol. The maximum absolute atomic E-state index is 3.96. The van der Waals surface area contributed by atoms with Gasteiger partial charge in [0, 0.05) is 15.0 Å². The van der Waals surface area contributed by atoms with Crippen LogP contribution in [-0.2, 0) is 0 Å². The molecule has 0 saturated heterocycles. The van der Waals surface area contributed by atoms with Gasteiger partial charge in [-0.15, -0.1) is 0 Å². The lowest BCUT2D eigenvalue weighted by molar-refractivity contribution is 0.952. The number of hydrogen-bond acceptors (Lipinski definition) is 1. The molecule has 3 radical (unpaired) electrons. The van der Waals surface area contributed by atoms with Crippen LogP contribution in [0.4, 0.5) is 0 Å². The first-order valence-corrected chi connectivity index (χ1v) is 1.98. The minimum atomic E-state index is 0. The molecule has 1 nitrogen and oxygen atoms in total. The monoisotopic (exact) mass is 96.1 g/mol. The highest BCUT2D eigenvalue weighted by molar-refractivity contribution is 5.75. The van der Waals surface area contributed by atoms with E-state index in [2.05, 4.69) is 4.99 Å². The molecule has 0 N–H and O–H groups in total. The Kier molecular flexibility index (Phi) is 8.09. The highest BCUT2D eigenvalue weighted by atomic mass is 14.7. The minimum absolute atomic E-state index is 0. The van der Waals surface area contributed by atoms with Gasteiger partial charge in [0.15, 0.2) is 0 Å². The standard InChI is InChI=1S/C4H7N.CH4.B/c1-2-4-5-3-1;;/h3H,1-2,4H2;1H4;. The van der Waals surface area contributed by atoms with Crippen molar-refractivity contribution in [3.63, 3.8) is 0 Å². The van der Waals surface area contributed by atoms with Crippen molar-refractivity contribution in [1.29, 1.82) is 0 Å². The highest BCUT2D eigenvalue weighted by Gasteiger charge is 1.85. The van der Waals surface area contributed by atoms with E-state index in [0.717, 1.165) is 6.54 Å². The maximum Gasteiger partial charge on any atom is 0.0388 e.